The Labute approximate surface area is 99.9 Å². The van der Waals surface area contributed by atoms with Gasteiger partial charge >= 0.3 is 0 Å². The summed E-state index contributed by atoms with van der Waals surface area (Å²) in [5.41, 5.74) is 0.223. The number of nitrogens with one attached hydrogen (secondary N) is 1. The second-order valence-corrected chi connectivity index (χ2v) is 8.62. The highest BCUT2D eigenvalue weighted by Crippen LogP contribution is 2.51. The van der Waals surface area contributed by atoms with Crippen molar-refractivity contribution < 1.29 is 8.42 Å². The molecule has 1 fully saturated rings. The van der Waals surface area contributed by atoms with Crippen LogP contribution in [0.25, 0.3) is 0 Å². The van der Waals surface area contributed by atoms with Gasteiger partial charge in [-0.2, -0.15) is 0 Å². The minimum Gasteiger partial charge on any atom is -0.315 e. The fraction of sp³-hybridized carbons (Fsp3) is 1.00. The molecule has 1 saturated carbocycles. The predicted molar refractivity (Wildman–Crippen MR) is 68.3 cm³/mol. The van der Waals surface area contributed by atoms with E-state index in [1.165, 1.54) is 6.26 Å². The van der Waals surface area contributed by atoms with E-state index in [4.69, 9.17) is 0 Å². The summed E-state index contributed by atoms with van der Waals surface area (Å²) in [6.45, 7) is 10.0. The maximum atomic E-state index is 11.9. The first-order valence-corrected chi connectivity index (χ1v) is 7.92. The third kappa shape index (κ3) is 2.59. The topological polar surface area (TPSA) is 46.2 Å². The Bertz CT molecular complexity index is 335. The van der Waals surface area contributed by atoms with Gasteiger partial charge in [0.05, 0.1) is 4.75 Å². The second-order valence-electron chi connectivity index (χ2n) is 6.21. The molecule has 4 heteroatoms. The lowest BCUT2D eigenvalue weighted by molar-refractivity contribution is 0.0922. The summed E-state index contributed by atoms with van der Waals surface area (Å²) in [6.07, 6.45) is 2.99. The Hall–Kier alpha value is -0.0900. The van der Waals surface area contributed by atoms with Crippen molar-refractivity contribution >= 4 is 9.84 Å². The molecule has 0 amide bonds. The molecule has 0 aromatic carbocycles. The lowest BCUT2D eigenvalue weighted by atomic mass is 9.62. The Morgan fingerprint density at radius 1 is 1.31 bits per heavy atom. The molecule has 0 heterocycles. The van der Waals surface area contributed by atoms with Crippen molar-refractivity contribution in [3.05, 3.63) is 0 Å². The Balaban J connectivity index is 2.75. The van der Waals surface area contributed by atoms with Gasteiger partial charge in [0.15, 0.2) is 9.84 Å². The smallest absolute Gasteiger partial charge is 0.154 e. The number of sulfone groups is 1. The van der Waals surface area contributed by atoms with Gasteiger partial charge in [0.2, 0.25) is 0 Å². The van der Waals surface area contributed by atoms with E-state index in [1.807, 2.05) is 6.92 Å². The zero-order chi connectivity index (χ0) is 12.6. The standard InChI is InChI=1S/C12H25NO2S/c1-6-13-9-12(16(5,14)15)7-10(8-12)11(2,3)4/h10,13H,6-9H2,1-5H3. The molecule has 0 unspecified atom stereocenters. The quantitative estimate of drug-likeness (QED) is 0.824. The van der Waals surface area contributed by atoms with Gasteiger partial charge in [-0.15, -0.1) is 0 Å². The first kappa shape index (κ1) is 14.0. The number of rotatable bonds is 4. The maximum absolute atomic E-state index is 11.9. The molecule has 96 valence electrons. The monoisotopic (exact) mass is 247 g/mol. The van der Waals surface area contributed by atoms with Gasteiger partial charge in [-0.05, 0) is 30.7 Å². The maximum Gasteiger partial charge on any atom is 0.154 e. The van der Waals surface area contributed by atoms with E-state index >= 15 is 0 Å². The van der Waals surface area contributed by atoms with Crippen LogP contribution < -0.4 is 5.32 Å². The van der Waals surface area contributed by atoms with Gasteiger partial charge in [-0.1, -0.05) is 27.7 Å². The predicted octanol–water partition coefficient (Wildman–Crippen LogP) is 1.84. The summed E-state index contributed by atoms with van der Waals surface area (Å²) < 4.78 is 23.2. The minimum absolute atomic E-state index is 0.223. The first-order chi connectivity index (χ1) is 7.12. The van der Waals surface area contributed by atoms with E-state index in [1.54, 1.807) is 0 Å². The summed E-state index contributed by atoms with van der Waals surface area (Å²) in [5.74, 6) is 0.529. The summed E-state index contributed by atoms with van der Waals surface area (Å²) in [5, 5.41) is 3.19. The van der Waals surface area contributed by atoms with Crippen LogP contribution in [-0.2, 0) is 9.84 Å². The van der Waals surface area contributed by atoms with Gasteiger partial charge in [0, 0.05) is 12.8 Å². The molecule has 0 aromatic heterocycles. The molecule has 0 radical (unpaired) electrons. The van der Waals surface area contributed by atoms with Crippen LogP contribution in [0.3, 0.4) is 0 Å². The van der Waals surface area contributed by atoms with Crippen molar-refractivity contribution in [1.82, 2.24) is 5.32 Å². The van der Waals surface area contributed by atoms with Gasteiger partial charge in [-0.25, -0.2) is 8.42 Å². The molecule has 0 bridgehead atoms. The van der Waals surface area contributed by atoms with Crippen LogP contribution in [0.15, 0.2) is 0 Å². The van der Waals surface area contributed by atoms with Gasteiger partial charge in [-0.3, -0.25) is 0 Å². The van der Waals surface area contributed by atoms with Crippen LogP contribution in [-0.4, -0.2) is 32.5 Å². The molecule has 0 saturated heterocycles. The highest BCUT2D eigenvalue weighted by Gasteiger charge is 2.54. The summed E-state index contributed by atoms with van der Waals surface area (Å²) in [7, 11) is -2.96. The minimum atomic E-state index is -2.96. The van der Waals surface area contributed by atoms with Gasteiger partial charge in [0.25, 0.3) is 0 Å². The zero-order valence-corrected chi connectivity index (χ0v) is 11.9. The van der Waals surface area contributed by atoms with Crippen molar-refractivity contribution in [2.24, 2.45) is 11.3 Å². The van der Waals surface area contributed by atoms with Crippen LogP contribution in [0.4, 0.5) is 0 Å². The number of hydrogen-bond donors (Lipinski definition) is 1. The lowest BCUT2D eigenvalue weighted by Crippen LogP contribution is -2.58. The lowest BCUT2D eigenvalue weighted by Gasteiger charge is -2.51. The van der Waals surface area contributed by atoms with Crippen molar-refractivity contribution in [3.63, 3.8) is 0 Å². The Morgan fingerprint density at radius 2 is 1.81 bits per heavy atom. The third-order valence-corrected chi connectivity index (χ3v) is 6.00. The first-order valence-electron chi connectivity index (χ1n) is 6.03. The molecular weight excluding hydrogens is 222 g/mol. The summed E-state index contributed by atoms with van der Waals surface area (Å²) in [6, 6.07) is 0. The van der Waals surface area contributed by atoms with Crippen molar-refractivity contribution in [1.29, 1.82) is 0 Å². The molecule has 16 heavy (non-hydrogen) atoms. The fourth-order valence-electron chi connectivity index (χ4n) is 2.38. The highest BCUT2D eigenvalue weighted by atomic mass is 32.2. The van der Waals surface area contributed by atoms with E-state index in [2.05, 4.69) is 26.1 Å². The van der Waals surface area contributed by atoms with Crippen LogP contribution in [0.2, 0.25) is 0 Å². The SMILES string of the molecule is CCNCC1(S(C)(=O)=O)CC(C(C)(C)C)C1. The van der Waals surface area contributed by atoms with Crippen molar-refractivity contribution in [2.75, 3.05) is 19.3 Å². The average Bonchev–Trinajstić information content (AvgIpc) is 1.96. The molecule has 1 aliphatic carbocycles. The molecule has 0 aliphatic heterocycles. The van der Waals surface area contributed by atoms with E-state index in [0.29, 0.717) is 12.5 Å². The van der Waals surface area contributed by atoms with Crippen molar-refractivity contribution in [3.8, 4) is 0 Å². The van der Waals surface area contributed by atoms with E-state index < -0.39 is 14.6 Å². The van der Waals surface area contributed by atoms with Crippen LogP contribution >= 0.6 is 0 Å². The van der Waals surface area contributed by atoms with Crippen molar-refractivity contribution in [2.45, 2.75) is 45.3 Å². The fourth-order valence-corrected chi connectivity index (χ4v) is 3.75. The van der Waals surface area contributed by atoms with Gasteiger partial charge in [0.1, 0.15) is 0 Å². The average molecular weight is 247 g/mol. The summed E-state index contributed by atoms with van der Waals surface area (Å²) >= 11 is 0. The molecule has 1 N–H and O–H groups in total. The third-order valence-electron chi connectivity index (χ3n) is 3.95. The molecule has 0 aromatic rings. The molecule has 1 rings (SSSR count). The molecular formula is C12H25NO2S. The molecule has 0 atom stereocenters. The highest BCUT2D eigenvalue weighted by molar-refractivity contribution is 7.92. The zero-order valence-electron chi connectivity index (χ0n) is 11.1. The Morgan fingerprint density at radius 3 is 2.12 bits per heavy atom. The normalized spacial score (nSPS) is 31.2. The summed E-state index contributed by atoms with van der Waals surface area (Å²) in [4.78, 5) is 0. The largest absolute Gasteiger partial charge is 0.315 e. The van der Waals surface area contributed by atoms with Gasteiger partial charge < -0.3 is 5.32 Å². The van der Waals surface area contributed by atoms with E-state index in [-0.39, 0.29) is 5.41 Å². The molecule has 0 spiro atoms. The number of hydrogen-bond acceptors (Lipinski definition) is 3. The van der Waals surface area contributed by atoms with Crippen LogP contribution in [0, 0.1) is 11.3 Å². The van der Waals surface area contributed by atoms with E-state index in [0.717, 1.165) is 19.4 Å². The van der Waals surface area contributed by atoms with E-state index in [9.17, 15) is 8.42 Å². The Kier molecular flexibility index (Phi) is 3.75. The molecule has 1 aliphatic rings. The second kappa shape index (κ2) is 4.30. The molecule has 3 nitrogen and oxygen atoms in total. The van der Waals surface area contributed by atoms with Crippen LogP contribution in [0.1, 0.15) is 40.5 Å². The van der Waals surface area contributed by atoms with Crippen LogP contribution in [0.5, 0.6) is 0 Å².